The standard InChI is InChI=1S/C32H37FN4O6S/c1-41-23-14-13-22(25(18-23)42-2)19-34-27(38)26-29(36-30(39)32(33)15-7-4-8-16-32)44-28(35-26)24-12-9-17-37(24)31(40)43-20-21-10-5-3-6-11-21/h3,5-6,10-11,13-14,18,24H,4,7-9,12,15-17,19-20H2,1-2H3,(H,34,38)(H,36,39)/t24-/m1/s1. The number of nitrogens with zero attached hydrogens (tertiary/aromatic N) is 2. The molecule has 1 saturated carbocycles. The number of alkyl halides is 1. The van der Waals surface area contributed by atoms with Crippen LogP contribution in [0.5, 0.6) is 11.5 Å². The van der Waals surface area contributed by atoms with Crippen LogP contribution < -0.4 is 20.1 Å². The summed E-state index contributed by atoms with van der Waals surface area (Å²) in [6.45, 7) is 0.704. The number of thiazole rings is 1. The van der Waals surface area contributed by atoms with Gasteiger partial charge in [-0.1, -0.05) is 48.1 Å². The van der Waals surface area contributed by atoms with Gasteiger partial charge in [-0.2, -0.15) is 0 Å². The van der Waals surface area contributed by atoms with Crippen molar-refractivity contribution in [2.75, 3.05) is 26.1 Å². The maximum Gasteiger partial charge on any atom is 0.410 e. The van der Waals surface area contributed by atoms with Crippen LogP contribution in [-0.2, 0) is 22.7 Å². The molecule has 10 nitrogen and oxygen atoms in total. The zero-order chi connectivity index (χ0) is 31.1. The van der Waals surface area contributed by atoms with E-state index in [1.807, 2.05) is 30.3 Å². The molecule has 1 atom stereocenters. The summed E-state index contributed by atoms with van der Waals surface area (Å²) in [5.74, 6) is -0.181. The van der Waals surface area contributed by atoms with Crippen molar-refractivity contribution in [3.05, 3.63) is 70.4 Å². The Labute approximate surface area is 259 Å². The number of anilines is 1. The average Bonchev–Trinajstić information content (AvgIpc) is 3.71. The molecule has 2 heterocycles. The van der Waals surface area contributed by atoms with Crippen molar-refractivity contribution in [3.8, 4) is 11.5 Å². The van der Waals surface area contributed by atoms with E-state index in [2.05, 4.69) is 15.6 Å². The summed E-state index contributed by atoms with van der Waals surface area (Å²) in [6.07, 6.45) is 3.23. The normalized spacial score (nSPS) is 17.5. The number of nitrogens with one attached hydrogen (secondary N) is 2. The van der Waals surface area contributed by atoms with Gasteiger partial charge in [-0.05, 0) is 56.2 Å². The Hall–Kier alpha value is -4.19. The fraction of sp³-hybridized carbons (Fsp3) is 0.438. The van der Waals surface area contributed by atoms with E-state index in [1.165, 1.54) is 7.11 Å². The van der Waals surface area contributed by atoms with Crippen LogP contribution in [0.15, 0.2) is 48.5 Å². The second kappa shape index (κ2) is 14.1. The number of hydrogen-bond donors (Lipinski definition) is 2. The zero-order valence-electron chi connectivity index (χ0n) is 24.9. The monoisotopic (exact) mass is 624 g/mol. The van der Waals surface area contributed by atoms with Crippen molar-refractivity contribution in [3.63, 3.8) is 0 Å². The van der Waals surface area contributed by atoms with Gasteiger partial charge in [0.25, 0.3) is 11.8 Å². The summed E-state index contributed by atoms with van der Waals surface area (Å²) < 4.78 is 31.8. The van der Waals surface area contributed by atoms with Gasteiger partial charge in [0.15, 0.2) is 11.4 Å². The fourth-order valence-electron chi connectivity index (χ4n) is 5.57. The van der Waals surface area contributed by atoms with Crippen molar-refractivity contribution in [1.29, 1.82) is 0 Å². The lowest BCUT2D eigenvalue weighted by molar-refractivity contribution is -0.129. The van der Waals surface area contributed by atoms with E-state index in [-0.39, 0.29) is 36.7 Å². The highest BCUT2D eigenvalue weighted by molar-refractivity contribution is 7.16. The van der Waals surface area contributed by atoms with Crippen LogP contribution in [-0.4, -0.2) is 54.2 Å². The molecule has 0 spiro atoms. The number of aromatic nitrogens is 1. The molecular weight excluding hydrogens is 587 g/mol. The van der Waals surface area contributed by atoms with Gasteiger partial charge in [0, 0.05) is 24.7 Å². The van der Waals surface area contributed by atoms with E-state index in [0.29, 0.717) is 47.9 Å². The van der Waals surface area contributed by atoms with Gasteiger partial charge in [-0.25, -0.2) is 14.2 Å². The van der Waals surface area contributed by atoms with E-state index in [0.717, 1.165) is 29.7 Å². The Morgan fingerprint density at radius 2 is 1.82 bits per heavy atom. The number of likely N-dealkylation sites (tertiary alicyclic amines) is 1. The summed E-state index contributed by atoms with van der Waals surface area (Å²) in [5, 5.41) is 6.14. The quantitative estimate of drug-likeness (QED) is 0.277. The highest BCUT2D eigenvalue weighted by Crippen LogP contribution is 2.40. The third-order valence-electron chi connectivity index (χ3n) is 8.05. The fourth-order valence-corrected chi connectivity index (χ4v) is 6.68. The minimum atomic E-state index is -2.01. The van der Waals surface area contributed by atoms with Crippen LogP contribution >= 0.6 is 11.3 Å². The van der Waals surface area contributed by atoms with Crippen molar-refractivity contribution in [2.45, 2.75) is 69.8 Å². The molecule has 44 heavy (non-hydrogen) atoms. The minimum Gasteiger partial charge on any atom is -0.497 e. The number of rotatable bonds is 10. The molecule has 5 rings (SSSR count). The number of halogens is 1. The lowest BCUT2D eigenvalue weighted by Crippen LogP contribution is -2.40. The first-order valence-corrected chi connectivity index (χ1v) is 15.6. The molecule has 234 valence electrons. The molecule has 2 N–H and O–H groups in total. The Morgan fingerprint density at radius 1 is 1.05 bits per heavy atom. The first kappa shape index (κ1) is 31.2. The topological polar surface area (TPSA) is 119 Å². The molecule has 1 aromatic heterocycles. The molecule has 1 saturated heterocycles. The largest absolute Gasteiger partial charge is 0.497 e. The molecule has 0 radical (unpaired) electrons. The number of carbonyl (C=O) groups is 3. The maximum absolute atomic E-state index is 15.6. The predicted molar refractivity (Wildman–Crippen MR) is 164 cm³/mol. The van der Waals surface area contributed by atoms with Crippen LogP contribution in [0.4, 0.5) is 14.2 Å². The molecule has 2 aromatic carbocycles. The Balaban J connectivity index is 1.37. The van der Waals surface area contributed by atoms with Crippen LogP contribution in [0.3, 0.4) is 0 Å². The summed E-state index contributed by atoms with van der Waals surface area (Å²) in [5.41, 5.74) is -0.468. The smallest absolute Gasteiger partial charge is 0.410 e. The Bertz CT molecular complexity index is 1480. The lowest BCUT2D eigenvalue weighted by atomic mass is 9.86. The van der Waals surface area contributed by atoms with Gasteiger partial charge in [-0.15, -0.1) is 0 Å². The highest BCUT2D eigenvalue weighted by atomic mass is 32.1. The number of carbonyl (C=O) groups excluding carboxylic acids is 3. The lowest BCUT2D eigenvalue weighted by Gasteiger charge is -2.27. The highest BCUT2D eigenvalue weighted by Gasteiger charge is 2.41. The molecule has 3 aromatic rings. The summed E-state index contributed by atoms with van der Waals surface area (Å²) in [6, 6.07) is 14.2. The molecule has 1 aliphatic heterocycles. The van der Waals surface area contributed by atoms with E-state index in [9.17, 15) is 14.4 Å². The molecular formula is C32H37FN4O6S. The summed E-state index contributed by atoms with van der Waals surface area (Å²) >= 11 is 1.08. The first-order valence-electron chi connectivity index (χ1n) is 14.8. The van der Waals surface area contributed by atoms with Gasteiger partial charge >= 0.3 is 6.09 Å². The third-order valence-corrected chi connectivity index (χ3v) is 9.12. The van der Waals surface area contributed by atoms with Gasteiger partial charge in [0.05, 0.1) is 20.3 Å². The van der Waals surface area contributed by atoms with Gasteiger partial charge < -0.3 is 24.8 Å². The second-order valence-corrected chi connectivity index (χ2v) is 12.0. The predicted octanol–water partition coefficient (Wildman–Crippen LogP) is 6.17. The zero-order valence-corrected chi connectivity index (χ0v) is 25.7. The minimum absolute atomic E-state index is 0.0326. The number of methoxy groups -OCH3 is 2. The molecule has 0 unspecified atom stereocenters. The average molecular weight is 625 g/mol. The molecule has 3 amide bonds. The number of benzene rings is 2. The summed E-state index contributed by atoms with van der Waals surface area (Å²) in [7, 11) is 3.08. The second-order valence-electron chi connectivity index (χ2n) is 11.0. The first-order chi connectivity index (χ1) is 21.3. The third kappa shape index (κ3) is 7.12. The van der Waals surface area contributed by atoms with Crippen molar-refractivity contribution in [1.82, 2.24) is 15.2 Å². The van der Waals surface area contributed by atoms with Crippen LogP contribution in [0.25, 0.3) is 0 Å². The maximum atomic E-state index is 15.6. The van der Waals surface area contributed by atoms with Gasteiger partial charge in [0.1, 0.15) is 28.1 Å². The molecule has 2 aliphatic rings. The van der Waals surface area contributed by atoms with Gasteiger partial charge in [-0.3, -0.25) is 14.5 Å². The number of amides is 3. The van der Waals surface area contributed by atoms with E-state index in [1.54, 1.807) is 30.2 Å². The van der Waals surface area contributed by atoms with Crippen molar-refractivity contribution in [2.24, 2.45) is 0 Å². The Kier molecular flexibility index (Phi) is 9.99. The molecule has 2 fully saturated rings. The van der Waals surface area contributed by atoms with Crippen molar-refractivity contribution >= 4 is 34.2 Å². The summed E-state index contributed by atoms with van der Waals surface area (Å²) in [4.78, 5) is 46.0. The van der Waals surface area contributed by atoms with Crippen LogP contribution in [0.2, 0.25) is 0 Å². The number of hydrogen-bond acceptors (Lipinski definition) is 8. The molecule has 0 bridgehead atoms. The van der Waals surface area contributed by atoms with Crippen molar-refractivity contribution < 1.29 is 33.0 Å². The van der Waals surface area contributed by atoms with E-state index in [4.69, 9.17) is 14.2 Å². The Morgan fingerprint density at radius 3 is 2.55 bits per heavy atom. The van der Waals surface area contributed by atoms with E-state index < -0.39 is 29.6 Å². The molecule has 12 heteroatoms. The van der Waals surface area contributed by atoms with Crippen LogP contribution in [0.1, 0.15) is 77.6 Å². The van der Waals surface area contributed by atoms with Crippen LogP contribution in [0, 0.1) is 0 Å². The molecule has 1 aliphatic carbocycles. The number of ether oxygens (including phenoxy) is 3. The van der Waals surface area contributed by atoms with E-state index >= 15 is 4.39 Å². The SMILES string of the molecule is COc1ccc(CNC(=O)c2nc([C@H]3CCCN3C(=O)OCc3ccccc3)sc2NC(=O)C2(F)CCCCC2)c(OC)c1. The van der Waals surface area contributed by atoms with Gasteiger partial charge in [0.2, 0.25) is 0 Å².